The fourth-order valence-electron chi connectivity index (χ4n) is 2.60. The van der Waals surface area contributed by atoms with Crippen LogP contribution in [0.5, 0.6) is 0 Å². The SMILES string of the molecule is C/C(=C\NC(=O)Nc1ccc(Cl)cc1C)C1CCCC1. The van der Waals surface area contributed by atoms with Gasteiger partial charge in [-0.25, -0.2) is 4.79 Å². The van der Waals surface area contributed by atoms with E-state index in [2.05, 4.69) is 17.6 Å². The third-order valence-electron chi connectivity index (χ3n) is 3.87. The van der Waals surface area contributed by atoms with E-state index in [0.717, 1.165) is 11.3 Å². The molecule has 1 saturated carbocycles. The predicted molar refractivity (Wildman–Crippen MR) is 84.1 cm³/mol. The van der Waals surface area contributed by atoms with E-state index in [0.29, 0.717) is 10.9 Å². The molecule has 2 amide bonds. The lowest BCUT2D eigenvalue weighted by atomic mass is 10.0. The van der Waals surface area contributed by atoms with Gasteiger partial charge < -0.3 is 10.6 Å². The van der Waals surface area contributed by atoms with Crippen LogP contribution in [0.25, 0.3) is 0 Å². The first-order chi connectivity index (χ1) is 9.56. The summed E-state index contributed by atoms with van der Waals surface area (Å²) in [5, 5.41) is 6.31. The highest BCUT2D eigenvalue weighted by atomic mass is 35.5. The van der Waals surface area contributed by atoms with Crippen LogP contribution in [0.4, 0.5) is 10.5 Å². The Labute approximate surface area is 125 Å². The Kier molecular flexibility index (Phi) is 5.07. The first-order valence-corrected chi connectivity index (χ1v) is 7.44. The molecule has 1 aliphatic rings. The van der Waals surface area contributed by atoms with Crippen molar-refractivity contribution in [2.75, 3.05) is 5.32 Å². The Morgan fingerprint density at radius 2 is 2.05 bits per heavy atom. The van der Waals surface area contributed by atoms with Crippen molar-refractivity contribution >= 4 is 23.3 Å². The van der Waals surface area contributed by atoms with Crippen molar-refractivity contribution in [3.63, 3.8) is 0 Å². The average molecular weight is 293 g/mol. The molecule has 1 aromatic rings. The Balaban J connectivity index is 1.90. The van der Waals surface area contributed by atoms with Crippen LogP contribution in [0.1, 0.15) is 38.2 Å². The molecule has 0 bridgehead atoms. The second-order valence-electron chi connectivity index (χ2n) is 5.43. The number of amides is 2. The zero-order chi connectivity index (χ0) is 14.5. The predicted octanol–water partition coefficient (Wildman–Crippen LogP) is 4.86. The molecule has 1 aliphatic carbocycles. The molecule has 20 heavy (non-hydrogen) atoms. The summed E-state index contributed by atoms with van der Waals surface area (Å²) >= 11 is 5.89. The van der Waals surface area contributed by atoms with Gasteiger partial charge in [-0.05, 0) is 56.4 Å². The van der Waals surface area contributed by atoms with Crippen LogP contribution in [0, 0.1) is 12.8 Å². The molecule has 2 rings (SSSR count). The maximum absolute atomic E-state index is 11.9. The van der Waals surface area contributed by atoms with Crippen molar-refractivity contribution < 1.29 is 4.79 Å². The van der Waals surface area contributed by atoms with Crippen LogP contribution in [0.15, 0.2) is 30.0 Å². The molecule has 1 aromatic carbocycles. The molecule has 0 heterocycles. The fraction of sp³-hybridized carbons (Fsp3) is 0.438. The van der Waals surface area contributed by atoms with Crippen molar-refractivity contribution in [1.29, 1.82) is 0 Å². The molecule has 0 aromatic heterocycles. The van der Waals surface area contributed by atoms with Gasteiger partial charge in [0.05, 0.1) is 0 Å². The monoisotopic (exact) mass is 292 g/mol. The molecule has 0 unspecified atom stereocenters. The molecular formula is C16H21ClN2O. The highest BCUT2D eigenvalue weighted by Gasteiger charge is 2.16. The van der Waals surface area contributed by atoms with E-state index >= 15 is 0 Å². The van der Waals surface area contributed by atoms with E-state index in [-0.39, 0.29) is 6.03 Å². The molecule has 0 radical (unpaired) electrons. The van der Waals surface area contributed by atoms with Gasteiger partial charge in [-0.2, -0.15) is 0 Å². The Morgan fingerprint density at radius 3 is 2.70 bits per heavy atom. The number of hydrogen-bond acceptors (Lipinski definition) is 1. The first kappa shape index (κ1) is 14.9. The third kappa shape index (κ3) is 4.01. The number of allylic oxidation sites excluding steroid dienone is 1. The molecule has 0 aliphatic heterocycles. The third-order valence-corrected chi connectivity index (χ3v) is 4.10. The highest BCUT2D eigenvalue weighted by Crippen LogP contribution is 2.30. The lowest BCUT2D eigenvalue weighted by molar-refractivity contribution is 0.255. The normalized spacial score (nSPS) is 16.2. The number of rotatable bonds is 3. The summed E-state index contributed by atoms with van der Waals surface area (Å²) in [5.41, 5.74) is 2.98. The lowest BCUT2D eigenvalue weighted by Crippen LogP contribution is -2.25. The van der Waals surface area contributed by atoms with Gasteiger partial charge in [-0.15, -0.1) is 0 Å². The van der Waals surface area contributed by atoms with Crippen LogP contribution in [-0.4, -0.2) is 6.03 Å². The first-order valence-electron chi connectivity index (χ1n) is 7.06. The quantitative estimate of drug-likeness (QED) is 0.820. The fourth-order valence-corrected chi connectivity index (χ4v) is 2.83. The van der Waals surface area contributed by atoms with Crippen molar-refractivity contribution in [2.24, 2.45) is 5.92 Å². The molecule has 4 heteroatoms. The largest absolute Gasteiger partial charge is 0.323 e. The van der Waals surface area contributed by atoms with Gasteiger partial charge in [0, 0.05) is 16.9 Å². The molecule has 1 fully saturated rings. The molecule has 108 valence electrons. The zero-order valence-corrected chi connectivity index (χ0v) is 12.8. The lowest BCUT2D eigenvalue weighted by Gasteiger charge is -2.11. The van der Waals surface area contributed by atoms with E-state index in [4.69, 9.17) is 11.6 Å². The summed E-state index contributed by atoms with van der Waals surface area (Å²) in [5.74, 6) is 0.632. The van der Waals surface area contributed by atoms with E-state index in [9.17, 15) is 4.79 Å². The van der Waals surface area contributed by atoms with E-state index in [1.165, 1.54) is 31.3 Å². The topological polar surface area (TPSA) is 41.1 Å². The highest BCUT2D eigenvalue weighted by molar-refractivity contribution is 6.30. The van der Waals surface area contributed by atoms with Crippen molar-refractivity contribution in [3.05, 3.63) is 40.6 Å². The van der Waals surface area contributed by atoms with Crippen molar-refractivity contribution in [3.8, 4) is 0 Å². The second kappa shape index (κ2) is 6.80. The summed E-state index contributed by atoms with van der Waals surface area (Å²) < 4.78 is 0. The number of anilines is 1. The van der Waals surface area contributed by atoms with Gasteiger partial charge in [-0.3, -0.25) is 0 Å². The van der Waals surface area contributed by atoms with E-state index < -0.39 is 0 Å². The van der Waals surface area contributed by atoms with Crippen LogP contribution in [0.3, 0.4) is 0 Å². The number of benzene rings is 1. The van der Waals surface area contributed by atoms with Gasteiger partial charge in [-0.1, -0.05) is 30.0 Å². The Bertz CT molecular complexity index is 519. The Hall–Kier alpha value is -1.48. The second-order valence-corrected chi connectivity index (χ2v) is 5.86. The molecule has 2 N–H and O–H groups in total. The molecular weight excluding hydrogens is 272 g/mol. The molecule has 0 atom stereocenters. The summed E-state index contributed by atoms with van der Waals surface area (Å²) in [6, 6.07) is 5.19. The Morgan fingerprint density at radius 1 is 1.35 bits per heavy atom. The summed E-state index contributed by atoms with van der Waals surface area (Å²) in [6.45, 7) is 4.00. The van der Waals surface area contributed by atoms with Crippen molar-refractivity contribution in [2.45, 2.75) is 39.5 Å². The van der Waals surface area contributed by atoms with Gasteiger partial charge in [0.15, 0.2) is 0 Å². The van der Waals surface area contributed by atoms with Gasteiger partial charge in [0.25, 0.3) is 0 Å². The maximum atomic E-state index is 11.9. The minimum absolute atomic E-state index is 0.215. The number of hydrogen-bond donors (Lipinski definition) is 2. The van der Waals surface area contributed by atoms with Crippen LogP contribution in [-0.2, 0) is 0 Å². The number of nitrogens with one attached hydrogen (secondary N) is 2. The minimum Gasteiger partial charge on any atom is -0.314 e. The van der Waals surface area contributed by atoms with E-state index in [1.807, 2.05) is 25.3 Å². The average Bonchev–Trinajstić information content (AvgIpc) is 2.93. The number of carbonyl (C=O) groups is 1. The van der Waals surface area contributed by atoms with Crippen LogP contribution < -0.4 is 10.6 Å². The minimum atomic E-state index is -0.215. The molecule has 0 spiro atoms. The molecule has 3 nitrogen and oxygen atoms in total. The van der Waals surface area contributed by atoms with Gasteiger partial charge in [0.2, 0.25) is 0 Å². The maximum Gasteiger partial charge on any atom is 0.323 e. The standard InChI is InChI=1S/C16H21ClN2O/c1-11-9-14(17)7-8-15(11)19-16(20)18-10-12(2)13-5-3-4-6-13/h7-10,13H,3-6H2,1-2H3,(H2,18,19,20)/b12-10+. The van der Waals surface area contributed by atoms with Gasteiger partial charge >= 0.3 is 6.03 Å². The van der Waals surface area contributed by atoms with Crippen LogP contribution >= 0.6 is 11.6 Å². The summed E-state index contributed by atoms with van der Waals surface area (Å²) in [7, 11) is 0. The summed E-state index contributed by atoms with van der Waals surface area (Å²) in [4.78, 5) is 11.9. The number of urea groups is 1. The number of halogens is 1. The summed E-state index contributed by atoms with van der Waals surface area (Å²) in [6.07, 6.45) is 6.90. The van der Waals surface area contributed by atoms with E-state index in [1.54, 1.807) is 6.07 Å². The number of carbonyl (C=O) groups excluding carboxylic acids is 1. The zero-order valence-electron chi connectivity index (χ0n) is 12.0. The van der Waals surface area contributed by atoms with Crippen molar-refractivity contribution in [1.82, 2.24) is 5.32 Å². The van der Waals surface area contributed by atoms with Crippen LogP contribution in [0.2, 0.25) is 5.02 Å². The molecule has 0 saturated heterocycles. The van der Waals surface area contributed by atoms with Gasteiger partial charge in [0.1, 0.15) is 0 Å². The smallest absolute Gasteiger partial charge is 0.314 e. The number of aryl methyl sites for hydroxylation is 1.